The maximum Gasteiger partial charge on any atom is 0.243 e. The minimum Gasteiger partial charge on any atom is -0.508 e. The summed E-state index contributed by atoms with van der Waals surface area (Å²) >= 11 is 0. The van der Waals surface area contributed by atoms with Crippen molar-refractivity contribution >= 4 is 23.6 Å². The fourth-order valence-electron chi connectivity index (χ4n) is 3.52. The van der Waals surface area contributed by atoms with Crippen LogP contribution in [0.2, 0.25) is 0 Å². The van der Waals surface area contributed by atoms with Gasteiger partial charge >= 0.3 is 0 Å². The number of rotatable bonds is 14. The number of hydrogen-bond donors (Lipinski definition) is 6. The Hall–Kier alpha value is -3.92. The summed E-state index contributed by atoms with van der Waals surface area (Å²) in [7, 11) is 0. The van der Waals surface area contributed by atoms with E-state index in [0.29, 0.717) is 12.8 Å². The third-order valence-corrected chi connectivity index (χ3v) is 5.42. The highest BCUT2D eigenvalue weighted by Gasteiger charge is 2.22. The molecule has 10 nitrogen and oxygen atoms in total. The first-order valence-electron chi connectivity index (χ1n) is 12.4. The lowest BCUT2D eigenvalue weighted by molar-refractivity contribution is -0.129. The molecule has 2 rings (SSSR count). The van der Waals surface area contributed by atoms with Gasteiger partial charge < -0.3 is 32.1 Å². The maximum absolute atomic E-state index is 12.6. The summed E-state index contributed by atoms with van der Waals surface area (Å²) in [5.41, 5.74) is 7.64. The van der Waals surface area contributed by atoms with E-state index < -0.39 is 12.1 Å². The molecule has 0 spiro atoms. The molecular formula is C27H37N5O5. The first kappa shape index (κ1) is 29.3. The molecule has 0 bridgehead atoms. The normalized spacial score (nSPS) is 12.3. The Morgan fingerprint density at radius 2 is 1.35 bits per heavy atom. The van der Waals surface area contributed by atoms with Gasteiger partial charge in [-0.1, -0.05) is 42.5 Å². The molecule has 0 fully saturated rings. The lowest BCUT2D eigenvalue weighted by atomic mass is 10.0. The van der Waals surface area contributed by atoms with E-state index in [1.165, 1.54) is 12.1 Å². The standard InChI is InChI=1S/C27H37N5O5/c1-18(2)31-27(37)23(17-19-6-4-3-5-7-19)32-25(35)13-14-29-24(34)12-15-30-26(36)22(28)16-20-8-10-21(33)11-9-20/h3-11,18,22-23,33H,12-17,28H2,1-2H3,(H,29,34)(H,30,36)(H,31,37)(H,32,35)/t22-,23-/m0/s1. The summed E-state index contributed by atoms with van der Waals surface area (Å²) in [6.07, 6.45) is 0.697. The van der Waals surface area contributed by atoms with Gasteiger partial charge in [-0.25, -0.2) is 0 Å². The molecule has 2 aromatic carbocycles. The second-order valence-electron chi connectivity index (χ2n) is 9.09. The van der Waals surface area contributed by atoms with Crippen LogP contribution < -0.4 is 27.0 Å². The molecule has 0 aliphatic heterocycles. The summed E-state index contributed by atoms with van der Waals surface area (Å²) in [6, 6.07) is 14.2. The van der Waals surface area contributed by atoms with Gasteiger partial charge in [-0.05, 0) is 43.5 Å². The second kappa shape index (κ2) is 15.2. The van der Waals surface area contributed by atoms with Crippen LogP contribution >= 0.6 is 0 Å². The number of carbonyl (C=O) groups is 4. The van der Waals surface area contributed by atoms with Crippen molar-refractivity contribution in [1.29, 1.82) is 0 Å². The number of nitrogens with one attached hydrogen (secondary N) is 4. The fraction of sp³-hybridized carbons (Fsp3) is 0.407. The number of hydrogen-bond acceptors (Lipinski definition) is 6. The molecule has 2 aromatic rings. The summed E-state index contributed by atoms with van der Waals surface area (Å²) in [5.74, 6) is -1.19. The van der Waals surface area contributed by atoms with E-state index in [9.17, 15) is 24.3 Å². The second-order valence-corrected chi connectivity index (χ2v) is 9.09. The van der Waals surface area contributed by atoms with Gasteiger partial charge in [0.15, 0.2) is 0 Å². The molecule has 0 unspecified atom stereocenters. The first-order valence-corrected chi connectivity index (χ1v) is 12.4. The highest BCUT2D eigenvalue weighted by molar-refractivity contribution is 5.88. The van der Waals surface area contributed by atoms with Crippen LogP contribution in [0.4, 0.5) is 0 Å². The van der Waals surface area contributed by atoms with Crippen LogP contribution in [0, 0.1) is 0 Å². The van der Waals surface area contributed by atoms with Crippen LogP contribution in [0.3, 0.4) is 0 Å². The Balaban J connectivity index is 1.69. The van der Waals surface area contributed by atoms with Crippen molar-refractivity contribution < 1.29 is 24.3 Å². The average molecular weight is 512 g/mol. The molecule has 0 aliphatic rings. The van der Waals surface area contributed by atoms with Gasteiger partial charge in [0.1, 0.15) is 11.8 Å². The third kappa shape index (κ3) is 11.6. The summed E-state index contributed by atoms with van der Waals surface area (Å²) in [4.78, 5) is 49.2. The van der Waals surface area contributed by atoms with Crippen LogP contribution in [0.5, 0.6) is 5.75 Å². The lowest BCUT2D eigenvalue weighted by Gasteiger charge is -2.20. The average Bonchev–Trinajstić information content (AvgIpc) is 2.85. The smallest absolute Gasteiger partial charge is 0.243 e. The maximum atomic E-state index is 12.6. The molecule has 10 heteroatoms. The van der Waals surface area contributed by atoms with Crippen molar-refractivity contribution in [2.45, 2.75) is 57.7 Å². The largest absolute Gasteiger partial charge is 0.508 e. The molecule has 200 valence electrons. The Bertz CT molecular complexity index is 1030. The molecule has 0 saturated carbocycles. The Labute approximate surface area is 217 Å². The molecule has 7 N–H and O–H groups in total. The van der Waals surface area contributed by atoms with Gasteiger partial charge in [0.25, 0.3) is 0 Å². The topological polar surface area (TPSA) is 163 Å². The van der Waals surface area contributed by atoms with E-state index in [4.69, 9.17) is 5.73 Å². The van der Waals surface area contributed by atoms with Gasteiger partial charge in [-0.2, -0.15) is 0 Å². The van der Waals surface area contributed by atoms with Gasteiger partial charge in [0.05, 0.1) is 6.04 Å². The number of carbonyl (C=O) groups excluding carboxylic acids is 4. The van der Waals surface area contributed by atoms with Gasteiger partial charge in [-0.3, -0.25) is 19.2 Å². The first-order chi connectivity index (χ1) is 17.6. The highest BCUT2D eigenvalue weighted by Crippen LogP contribution is 2.11. The quantitative estimate of drug-likeness (QED) is 0.217. The van der Waals surface area contributed by atoms with Gasteiger partial charge in [0, 0.05) is 38.4 Å². The van der Waals surface area contributed by atoms with E-state index in [-0.39, 0.29) is 61.4 Å². The fourth-order valence-corrected chi connectivity index (χ4v) is 3.52. The molecule has 37 heavy (non-hydrogen) atoms. The minimum absolute atomic E-state index is 0.00977. The molecule has 0 aromatic heterocycles. The van der Waals surface area contributed by atoms with Crippen molar-refractivity contribution in [2.75, 3.05) is 13.1 Å². The summed E-state index contributed by atoms with van der Waals surface area (Å²) in [6.45, 7) is 3.90. The van der Waals surface area contributed by atoms with Crippen molar-refractivity contribution in [3.63, 3.8) is 0 Å². The van der Waals surface area contributed by atoms with E-state index in [1.807, 2.05) is 44.2 Å². The number of benzene rings is 2. The molecule has 2 atom stereocenters. The monoisotopic (exact) mass is 511 g/mol. The van der Waals surface area contributed by atoms with E-state index >= 15 is 0 Å². The Kier molecular flexibility index (Phi) is 12.1. The van der Waals surface area contributed by atoms with Gasteiger partial charge in [0.2, 0.25) is 23.6 Å². The van der Waals surface area contributed by atoms with E-state index in [2.05, 4.69) is 21.3 Å². The zero-order chi connectivity index (χ0) is 27.2. The van der Waals surface area contributed by atoms with Crippen molar-refractivity contribution in [2.24, 2.45) is 5.73 Å². The summed E-state index contributed by atoms with van der Waals surface area (Å²) < 4.78 is 0. The summed E-state index contributed by atoms with van der Waals surface area (Å²) in [5, 5.41) is 20.2. The molecule has 0 aliphatic carbocycles. The molecule has 0 heterocycles. The zero-order valence-electron chi connectivity index (χ0n) is 21.3. The molecule has 0 radical (unpaired) electrons. The van der Waals surface area contributed by atoms with Crippen molar-refractivity contribution in [3.05, 3.63) is 65.7 Å². The molecule has 0 saturated heterocycles. The van der Waals surface area contributed by atoms with Crippen LogP contribution in [-0.2, 0) is 32.0 Å². The number of aromatic hydroxyl groups is 1. The number of nitrogens with two attached hydrogens (primary N) is 1. The van der Waals surface area contributed by atoms with E-state index in [0.717, 1.165) is 11.1 Å². The van der Waals surface area contributed by atoms with E-state index in [1.54, 1.807) is 12.1 Å². The van der Waals surface area contributed by atoms with Crippen LogP contribution in [0.1, 0.15) is 37.8 Å². The number of phenolic OH excluding ortho intramolecular Hbond substituents is 1. The Morgan fingerprint density at radius 1 is 0.757 bits per heavy atom. The zero-order valence-corrected chi connectivity index (χ0v) is 21.3. The molecule has 4 amide bonds. The number of amides is 4. The Morgan fingerprint density at radius 3 is 2.00 bits per heavy atom. The molecular weight excluding hydrogens is 474 g/mol. The highest BCUT2D eigenvalue weighted by atomic mass is 16.3. The third-order valence-electron chi connectivity index (χ3n) is 5.42. The van der Waals surface area contributed by atoms with Crippen LogP contribution in [0.15, 0.2) is 54.6 Å². The minimum atomic E-state index is -0.784. The lowest BCUT2D eigenvalue weighted by Crippen LogP contribution is -2.50. The van der Waals surface area contributed by atoms with Crippen molar-refractivity contribution in [1.82, 2.24) is 21.3 Å². The van der Waals surface area contributed by atoms with Crippen LogP contribution in [-0.4, -0.2) is 60.0 Å². The number of phenols is 1. The predicted molar refractivity (Wildman–Crippen MR) is 140 cm³/mol. The van der Waals surface area contributed by atoms with Crippen molar-refractivity contribution in [3.8, 4) is 5.75 Å². The van der Waals surface area contributed by atoms with Gasteiger partial charge in [-0.15, -0.1) is 0 Å². The van der Waals surface area contributed by atoms with Crippen LogP contribution in [0.25, 0.3) is 0 Å². The SMILES string of the molecule is CC(C)NC(=O)[C@H](Cc1ccccc1)NC(=O)CCNC(=O)CCNC(=O)[C@@H](N)Cc1ccc(O)cc1. The predicted octanol–water partition coefficient (Wildman–Crippen LogP) is 0.527.